The highest BCUT2D eigenvalue weighted by molar-refractivity contribution is 7.82. The molecule has 2 saturated heterocycles. The van der Waals surface area contributed by atoms with Crippen LogP contribution in [0.3, 0.4) is 0 Å². The lowest BCUT2D eigenvalue weighted by Gasteiger charge is -2.38. The number of carbonyl (C=O) groups excluding carboxylic acids is 1. The largest absolute Gasteiger partial charge is 0.339 e. The Hall–Kier alpha value is -1.69. The van der Waals surface area contributed by atoms with Crippen LogP contribution in [0, 0.1) is 12.3 Å². The topological polar surface area (TPSA) is 40.6 Å². The summed E-state index contributed by atoms with van der Waals surface area (Å²) in [6.45, 7) is 6.12. The zero-order valence-electron chi connectivity index (χ0n) is 17.6. The first-order chi connectivity index (χ1) is 14.4. The predicted molar refractivity (Wildman–Crippen MR) is 122 cm³/mol. The lowest BCUT2D eigenvalue weighted by Crippen LogP contribution is -2.49. The van der Waals surface area contributed by atoms with Crippen LogP contribution in [-0.2, 0) is 22.2 Å². The Kier molecular flexibility index (Phi) is 6.33. The number of nitrogens with zero attached hydrogens (tertiary/aromatic N) is 2. The maximum atomic E-state index is 13.5. The molecule has 0 N–H and O–H groups in total. The van der Waals surface area contributed by atoms with Gasteiger partial charge in [-0.05, 0) is 62.8 Å². The fourth-order valence-corrected chi connectivity index (χ4v) is 6.59. The summed E-state index contributed by atoms with van der Waals surface area (Å²) in [7, 11) is -1.30. The molecule has 2 heterocycles. The molecule has 1 amide bonds. The molecular weight excluding hydrogens is 416 g/mol. The van der Waals surface area contributed by atoms with Gasteiger partial charge in [0, 0.05) is 30.7 Å². The molecule has 30 heavy (non-hydrogen) atoms. The first-order valence-electron chi connectivity index (χ1n) is 10.7. The van der Waals surface area contributed by atoms with E-state index in [1.165, 1.54) is 5.56 Å². The number of benzene rings is 2. The van der Waals surface area contributed by atoms with Crippen molar-refractivity contribution in [2.24, 2.45) is 5.41 Å². The summed E-state index contributed by atoms with van der Waals surface area (Å²) in [5, 5.41) is 0.630. The van der Waals surface area contributed by atoms with Gasteiger partial charge < -0.3 is 4.90 Å². The van der Waals surface area contributed by atoms with Gasteiger partial charge in [0.2, 0.25) is 5.91 Å². The third-order valence-corrected chi connectivity index (χ3v) is 8.64. The Morgan fingerprint density at radius 1 is 1.10 bits per heavy atom. The molecule has 2 aliphatic heterocycles. The van der Waals surface area contributed by atoms with E-state index in [1.54, 1.807) is 0 Å². The van der Waals surface area contributed by atoms with Crippen molar-refractivity contribution in [1.29, 1.82) is 0 Å². The molecule has 2 fully saturated rings. The molecular formula is C24H29ClN2O2S. The van der Waals surface area contributed by atoms with Gasteiger partial charge >= 0.3 is 0 Å². The standard InChI is InChI=1S/C24H29ClN2O2S/c1-18(16-20-8-4-3-5-9-20)27-15-13-24(23(27)28)12-7-14-26(17-24)30(29)22-11-6-10-21(25)19(22)2/h3-6,8-11,18H,7,12-17H2,1-2H3. The summed E-state index contributed by atoms with van der Waals surface area (Å²) in [4.78, 5) is 16.3. The molecule has 1 spiro atoms. The van der Waals surface area contributed by atoms with Crippen molar-refractivity contribution < 1.29 is 9.00 Å². The average molecular weight is 445 g/mol. The van der Waals surface area contributed by atoms with Gasteiger partial charge in [-0.15, -0.1) is 0 Å². The van der Waals surface area contributed by atoms with Crippen LogP contribution >= 0.6 is 11.6 Å². The minimum Gasteiger partial charge on any atom is -0.339 e. The summed E-state index contributed by atoms with van der Waals surface area (Å²) in [6, 6.07) is 16.0. The summed E-state index contributed by atoms with van der Waals surface area (Å²) in [6.07, 6.45) is 3.47. The zero-order chi connectivity index (χ0) is 21.3. The number of rotatable bonds is 5. The number of hydrogen-bond acceptors (Lipinski definition) is 2. The van der Waals surface area contributed by atoms with Crippen LogP contribution in [0.4, 0.5) is 0 Å². The van der Waals surface area contributed by atoms with Crippen molar-refractivity contribution in [3.05, 3.63) is 64.7 Å². The van der Waals surface area contributed by atoms with Gasteiger partial charge in [-0.2, -0.15) is 0 Å². The van der Waals surface area contributed by atoms with Gasteiger partial charge in [0.15, 0.2) is 0 Å². The molecule has 6 heteroatoms. The summed E-state index contributed by atoms with van der Waals surface area (Å²) in [5.41, 5.74) is 1.69. The van der Waals surface area contributed by atoms with Crippen LogP contribution < -0.4 is 0 Å². The van der Waals surface area contributed by atoms with Gasteiger partial charge in [-0.1, -0.05) is 48.0 Å². The van der Waals surface area contributed by atoms with E-state index in [0.29, 0.717) is 11.6 Å². The number of halogens is 1. The number of carbonyl (C=O) groups is 1. The molecule has 0 aliphatic carbocycles. The van der Waals surface area contributed by atoms with E-state index in [2.05, 4.69) is 19.1 Å². The highest BCUT2D eigenvalue weighted by Gasteiger charge is 2.50. The fourth-order valence-electron chi connectivity index (χ4n) is 4.86. The van der Waals surface area contributed by atoms with Gasteiger partial charge in [-0.25, -0.2) is 8.51 Å². The molecule has 2 aromatic rings. The second-order valence-electron chi connectivity index (χ2n) is 8.65. The number of amides is 1. The van der Waals surface area contributed by atoms with E-state index >= 15 is 0 Å². The Labute approximate surface area is 186 Å². The number of hydrogen-bond donors (Lipinski definition) is 0. The van der Waals surface area contributed by atoms with Crippen LogP contribution in [0.5, 0.6) is 0 Å². The first kappa shape index (κ1) is 21.5. The molecule has 3 unspecified atom stereocenters. The molecule has 4 rings (SSSR count). The number of likely N-dealkylation sites (tertiary alicyclic amines) is 1. The molecule has 0 bridgehead atoms. The quantitative estimate of drug-likeness (QED) is 0.675. The fraction of sp³-hybridized carbons (Fsp3) is 0.458. The molecule has 160 valence electrons. The Balaban J connectivity index is 1.49. The highest BCUT2D eigenvalue weighted by Crippen LogP contribution is 2.42. The monoisotopic (exact) mass is 444 g/mol. The summed E-state index contributed by atoms with van der Waals surface area (Å²) >= 11 is 6.25. The second kappa shape index (κ2) is 8.81. The maximum Gasteiger partial charge on any atom is 0.230 e. The van der Waals surface area contributed by atoms with E-state index in [0.717, 1.165) is 49.2 Å². The predicted octanol–water partition coefficient (Wildman–Crippen LogP) is 4.62. The van der Waals surface area contributed by atoms with E-state index in [9.17, 15) is 9.00 Å². The average Bonchev–Trinajstić information content (AvgIpc) is 3.06. The first-order valence-corrected chi connectivity index (χ1v) is 12.2. The highest BCUT2D eigenvalue weighted by atomic mass is 35.5. The number of piperidine rings is 1. The van der Waals surface area contributed by atoms with Crippen molar-refractivity contribution >= 4 is 28.5 Å². The Bertz CT molecular complexity index is 951. The molecule has 0 saturated carbocycles. The van der Waals surface area contributed by atoms with Crippen molar-refractivity contribution in [1.82, 2.24) is 9.21 Å². The van der Waals surface area contributed by atoms with Crippen LogP contribution in [0.15, 0.2) is 53.4 Å². The van der Waals surface area contributed by atoms with Crippen LogP contribution in [0.2, 0.25) is 5.02 Å². The van der Waals surface area contributed by atoms with Crippen molar-refractivity contribution in [2.75, 3.05) is 19.6 Å². The maximum absolute atomic E-state index is 13.5. The van der Waals surface area contributed by atoms with Gasteiger partial charge in [0.05, 0.1) is 10.3 Å². The minimum absolute atomic E-state index is 0.162. The summed E-state index contributed by atoms with van der Waals surface area (Å²) < 4.78 is 15.3. The lowest BCUT2D eigenvalue weighted by atomic mass is 9.79. The Morgan fingerprint density at radius 2 is 1.87 bits per heavy atom. The van der Waals surface area contributed by atoms with E-state index < -0.39 is 16.4 Å². The van der Waals surface area contributed by atoms with E-state index in [-0.39, 0.29) is 11.9 Å². The third-order valence-electron chi connectivity index (χ3n) is 6.63. The van der Waals surface area contributed by atoms with E-state index in [1.807, 2.05) is 52.5 Å². The Morgan fingerprint density at radius 3 is 2.63 bits per heavy atom. The molecule has 0 radical (unpaired) electrons. The van der Waals surface area contributed by atoms with Gasteiger partial charge in [0.1, 0.15) is 11.0 Å². The van der Waals surface area contributed by atoms with Crippen molar-refractivity contribution in [3.63, 3.8) is 0 Å². The van der Waals surface area contributed by atoms with Crippen LogP contribution in [0.25, 0.3) is 0 Å². The van der Waals surface area contributed by atoms with Gasteiger partial charge in [-0.3, -0.25) is 4.79 Å². The molecule has 3 atom stereocenters. The normalized spacial score (nSPS) is 24.4. The van der Waals surface area contributed by atoms with Crippen molar-refractivity contribution in [2.45, 2.75) is 50.5 Å². The van der Waals surface area contributed by atoms with Crippen LogP contribution in [-0.4, -0.2) is 45.0 Å². The molecule has 4 nitrogen and oxygen atoms in total. The lowest BCUT2D eigenvalue weighted by molar-refractivity contribution is -0.139. The zero-order valence-corrected chi connectivity index (χ0v) is 19.2. The smallest absolute Gasteiger partial charge is 0.230 e. The van der Waals surface area contributed by atoms with Crippen molar-refractivity contribution in [3.8, 4) is 0 Å². The molecule has 2 aromatic carbocycles. The summed E-state index contributed by atoms with van der Waals surface area (Å²) in [5.74, 6) is 0.232. The van der Waals surface area contributed by atoms with E-state index in [4.69, 9.17) is 11.6 Å². The third kappa shape index (κ3) is 4.08. The minimum atomic E-state index is -1.30. The molecule has 0 aromatic heterocycles. The van der Waals surface area contributed by atoms with Gasteiger partial charge in [0.25, 0.3) is 0 Å². The SMILES string of the molecule is Cc1c(Cl)cccc1S(=O)N1CCCC2(CCN(C(C)Cc3ccccc3)C2=O)C1. The second-order valence-corrected chi connectivity index (χ2v) is 10.5. The molecule has 2 aliphatic rings. The van der Waals surface area contributed by atoms with Crippen LogP contribution in [0.1, 0.15) is 37.3 Å².